The highest BCUT2D eigenvalue weighted by atomic mass is 16.7. The lowest BCUT2D eigenvalue weighted by atomic mass is 10.0. The lowest BCUT2D eigenvalue weighted by Crippen LogP contribution is -2.08. The topological polar surface area (TPSA) is 90.9 Å². The Morgan fingerprint density at radius 1 is 0.656 bits per heavy atom. The van der Waals surface area contributed by atoms with Crippen LogP contribution in [-0.2, 0) is 25.4 Å². The summed E-state index contributed by atoms with van der Waals surface area (Å²) in [6.07, 6.45) is 0.766. The average molecular weight is 450 g/mol. The van der Waals surface area contributed by atoms with Crippen LogP contribution in [0.4, 0.5) is 0 Å². The lowest BCUT2D eigenvalue weighted by Gasteiger charge is -2.14. The van der Waals surface area contributed by atoms with E-state index in [9.17, 15) is 4.79 Å². The van der Waals surface area contributed by atoms with Crippen LogP contribution in [0.1, 0.15) is 22.3 Å². The Balaban J connectivity index is 2.11. The van der Waals surface area contributed by atoms with Crippen LogP contribution in [-0.4, -0.2) is 61.4 Å². The minimum absolute atomic E-state index is 0.0111. The number of rotatable bonds is 16. The molecule has 0 fully saturated rings. The summed E-state index contributed by atoms with van der Waals surface area (Å²) in [5.74, 6) is 1.88. The molecular formula is C23H30O9. The second-order valence-corrected chi connectivity index (χ2v) is 6.57. The van der Waals surface area contributed by atoms with Gasteiger partial charge in [-0.05, 0) is 36.2 Å². The lowest BCUT2D eigenvalue weighted by molar-refractivity contribution is 0.0322. The smallest absolute Gasteiger partial charge is 0.188 e. The number of ether oxygens (including phenoxy) is 8. The van der Waals surface area contributed by atoms with Crippen molar-refractivity contribution in [2.45, 2.75) is 12.8 Å². The number of methoxy groups -OCH3 is 4. The molecule has 176 valence electrons. The quantitative estimate of drug-likeness (QED) is 0.282. The van der Waals surface area contributed by atoms with Gasteiger partial charge in [0.2, 0.25) is 0 Å². The van der Waals surface area contributed by atoms with E-state index in [-0.39, 0.29) is 39.4 Å². The zero-order valence-corrected chi connectivity index (χ0v) is 18.9. The van der Waals surface area contributed by atoms with Gasteiger partial charge in [0, 0.05) is 40.9 Å². The molecule has 0 amide bonds. The van der Waals surface area contributed by atoms with Crippen LogP contribution >= 0.6 is 0 Å². The fourth-order valence-electron chi connectivity index (χ4n) is 2.77. The van der Waals surface area contributed by atoms with Crippen molar-refractivity contribution in [3.63, 3.8) is 0 Å². The summed E-state index contributed by atoms with van der Waals surface area (Å²) in [6.45, 7) is 0.269. The third-order valence-corrected chi connectivity index (χ3v) is 4.24. The largest absolute Gasteiger partial charge is 0.467 e. The molecule has 0 aromatic heterocycles. The highest BCUT2D eigenvalue weighted by molar-refractivity contribution is 5.99. The highest BCUT2D eigenvalue weighted by Gasteiger charge is 2.15. The number of aryl methyl sites for hydroxylation is 1. The van der Waals surface area contributed by atoms with Gasteiger partial charge in [-0.1, -0.05) is 6.07 Å². The molecule has 0 spiro atoms. The molecule has 0 saturated heterocycles. The van der Waals surface area contributed by atoms with E-state index in [1.807, 2.05) is 12.1 Å². The molecule has 0 N–H and O–H groups in total. The van der Waals surface area contributed by atoms with E-state index in [2.05, 4.69) is 0 Å². The number of carbonyl (C=O) groups is 1. The average Bonchev–Trinajstić information content (AvgIpc) is 2.82. The van der Waals surface area contributed by atoms with Gasteiger partial charge in [0.25, 0.3) is 0 Å². The molecule has 9 nitrogen and oxygen atoms in total. The number of hydrogen-bond donors (Lipinski definition) is 0. The van der Waals surface area contributed by atoms with E-state index >= 15 is 0 Å². The first kappa shape index (κ1) is 25.4. The van der Waals surface area contributed by atoms with Gasteiger partial charge in [-0.3, -0.25) is 4.79 Å². The van der Waals surface area contributed by atoms with E-state index in [0.717, 1.165) is 5.56 Å². The Labute approximate surface area is 188 Å². The highest BCUT2D eigenvalue weighted by Crippen LogP contribution is 2.30. The molecular weight excluding hydrogens is 420 g/mol. The molecule has 0 aliphatic carbocycles. The van der Waals surface area contributed by atoms with Gasteiger partial charge in [0.1, 0.15) is 11.5 Å². The molecule has 0 unspecified atom stereocenters. The normalized spacial score (nSPS) is 10.6. The van der Waals surface area contributed by atoms with Crippen LogP contribution in [0.25, 0.3) is 0 Å². The molecule has 0 aliphatic rings. The summed E-state index contributed by atoms with van der Waals surface area (Å²) in [6, 6.07) is 10.5. The van der Waals surface area contributed by atoms with E-state index in [1.165, 1.54) is 28.4 Å². The van der Waals surface area contributed by atoms with Crippen molar-refractivity contribution in [3.05, 3.63) is 47.5 Å². The molecule has 2 rings (SSSR count). The number of ketones is 1. The molecule has 0 radical (unpaired) electrons. The Bertz CT molecular complexity index is 838. The fourth-order valence-corrected chi connectivity index (χ4v) is 2.77. The minimum atomic E-state index is -0.0755. The van der Waals surface area contributed by atoms with E-state index in [4.69, 9.17) is 37.9 Å². The van der Waals surface area contributed by atoms with Gasteiger partial charge in [-0.15, -0.1) is 0 Å². The van der Waals surface area contributed by atoms with Gasteiger partial charge < -0.3 is 37.9 Å². The van der Waals surface area contributed by atoms with Crippen molar-refractivity contribution in [1.29, 1.82) is 0 Å². The first-order chi connectivity index (χ1) is 15.6. The summed E-state index contributed by atoms with van der Waals surface area (Å²) >= 11 is 0. The Kier molecular flexibility index (Phi) is 11.3. The van der Waals surface area contributed by atoms with E-state index in [1.54, 1.807) is 24.3 Å². The maximum absolute atomic E-state index is 12.9. The zero-order chi connectivity index (χ0) is 23.2. The van der Waals surface area contributed by atoms with E-state index < -0.39 is 0 Å². The monoisotopic (exact) mass is 450 g/mol. The SMILES string of the molecule is COCOc1ccc(C(=O)CCc2ccc(OCOC)c(OCOC)c2)c(OCOC)c1. The van der Waals surface area contributed by atoms with Crippen molar-refractivity contribution >= 4 is 5.78 Å². The standard InChI is InChI=1S/C23H30O9/c1-25-13-29-18-7-8-19(22(12-18)31-15-27-3)20(24)9-5-17-6-10-21(30-14-26-2)23(11-17)32-16-28-4/h6-8,10-12H,5,9,13-16H2,1-4H3. The first-order valence-corrected chi connectivity index (χ1v) is 9.90. The van der Waals surface area contributed by atoms with Crippen LogP contribution in [0.15, 0.2) is 36.4 Å². The first-order valence-electron chi connectivity index (χ1n) is 9.90. The fraction of sp³-hybridized carbons (Fsp3) is 0.435. The molecule has 0 heterocycles. The summed E-state index contributed by atoms with van der Waals surface area (Å²) < 4.78 is 41.9. The van der Waals surface area contributed by atoms with Gasteiger partial charge in [-0.25, -0.2) is 0 Å². The van der Waals surface area contributed by atoms with Crippen molar-refractivity contribution < 1.29 is 42.7 Å². The van der Waals surface area contributed by atoms with Crippen LogP contribution in [0.5, 0.6) is 23.0 Å². The van der Waals surface area contributed by atoms with Crippen LogP contribution in [0, 0.1) is 0 Å². The van der Waals surface area contributed by atoms with Crippen molar-refractivity contribution in [2.24, 2.45) is 0 Å². The second-order valence-electron chi connectivity index (χ2n) is 6.57. The molecule has 2 aromatic rings. The summed E-state index contributed by atoms with van der Waals surface area (Å²) in [4.78, 5) is 12.9. The molecule has 9 heteroatoms. The van der Waals surface area contributed by atoms with Crippen molar-refractivity contribution in [1.82, 2.24) is 0 Å². The van der Waals surface area contributed by atoms with Gasteiger partial charge in [0.05, 0.1) is 5.56 Å². The zero-order valence-electron chi connectivity index (χ0n) is 18.9. The summed E-state index contributed by atoms with van der Waals surface area (Å²) in [7, 11) is 6.11. The van der Waals surface area contributed by atoms with Crippen LogP contribution < -0.4 is 18.9 Å². The van der Waals surface area contributed by atoms with E-state index in [0.29, 0.717) is 35.0 Å². The summed E-state index contributed by atoms with van der Waals surface area (Å²) in [5.41, 5.74) is 1.36. The predicted octanol–water partition coefficient (Wildman–Crippen LogP) is 3.43. The van der Waals surface area contributed by atoms with Gasteiger partial charge >= 0.3 is 0 Å². The Hall–Kier alpha value is -2.85. The van der Waals surface area contributed by atoms with Gasteiger partial charge in [-0.2, -0.15) is 0 Å². The van der Waals surface area contributed by atoms with Crippen LogP contribution in [0.2, 0.25) is 0 Å². The third-order valence-electron chi connectivity index (χ3n) is 4.24. The summed E-state index contributed by atoms with van der Waals surface area (Å²) in [5, 5.41) is 0. The Morgan fingerprint density at radius 3 is 1.91 bits per heavy atom. The molecule has 0 aliphatic heterocycles. The molecule has 0 atom stereocenters. The molecule has 2 aromatic carbocycles. The predicted molar refractivity (Wildman–Crippen MR) is 116 cm³/mol. The molecule has 32 heavy (non-hydrogen) atoms. The maximum Gasteiger partial charge on any atom is 0.188 e. The minimum Gasteiger partial charge on any atom is -0.467 e. The number of Topliss-reactive ketones (excluding diaryl/α,β-unsaturated/α-hetero) is 1. The maximum atomic E-state index is 12.9. The van der Waals surface area contributed by atoms with Gasteiger partial charge in [0.15, 0.2) is 44.5 Å². The number of hydrogen-bond acceptors (Lipinski definition) is 9. The number of benzene rings is 2. The molecule has 0 bridgehead atoms. The van der Waals surface area contributed by atoms with Crippen molar-refractivity contribution in [3.8, 4) is 23.0 Å². The number of carbonyl (C=O) groups excluding carboxylic acids is 1. The third kappa shape index (κ3) is 8.01. The Morgan fingerprint density at radius 2 is 1.25 bits per heavy atom. The molecule has 0 saturated carbocycles. The second kappa shape index (κ2) is 14.3. The van der Waals surface area contributed by atoms with Crippen molar-refractivity contribution in [2.75, 3.05) is 55.6 Å². The van der Waals surface area contributed by atoms with Crippen LogP contribution in [0.3, 0.4) is 0 Å².